The van der Waals surface area contributed by atoms with Crippen LogP contribution in [0.4, 0.5) is 0 Å². The highest BCUT2D eigenvalue weighted by Crippen LogP contribution is 2.32. The van der Waals surface area contributed by atoms with Gasteiger partial charge < -0.3 is 10.1 Å². The fourth-order valence-corrected chi connectivity index (χ4v) is 3.27. The van der Waals surface area contributed by atoms with Crippen LogP contribution < -0.4 is 5.32 Å². The third kappa shape index (κ3) is 3.03. The fourth-order valence-electron chi connectivity index (χ4n) is 3.27. The normalized spacial score (nSPS) is 22.5. The highest BCUT2D eigenvalue weighted by atomic mass is 16.5. The van der Waals surface area contributed by atoms with E-state index in [1.807, 2.05) is 11.6 Å². The van der Waals surface area contributed by atoms with Crippen molar-refractivity contribution >= 4 is 5.91 Å². The quantitative estimate of drug-likeness (QED) is 0.865. The van der Waals surface area contributed by atoms with E-state index < -0.39 is 5.54 Å². The molecule has 124 valence electrons. The van der Waals surface area contributed by atoms with Crippen LogP contribution in [0.25, 0.3) is 0 Å². The monoisotopic (exact) mass is 308 g/mol. The highest BCUT2D eigenvalue weighted by molar-refractivity contribution is 5.86. The van der Waals surface area contributed by atoms with Gasteiger partial charge in [0.15, 0.2) is 0 Å². The largest absolute Gasteiger partial charge is 0.382 e. The predicted octanol–water partition coefficient (Wildman–Crippen LogP) is 1.50. The van der Waals surface area contributed by atoms with Crippen molar-refractivity contribution in [3.63, 3.8) is 0 Å². The molecule has 1 N–H and O–H groups in total. The molecule has 0 bridgehead atoms. The zero-order chi connectivity index (χ0) is 16.3. The molecular weight excluding hydrogens is 280 g/mol. The van der Waals surface area contributed by atoms with Crippen LogP contribution >= 0.6 is 0 Å². The van der Waals surface area contributed by atoms with E-state index in [-0.39, 0.29) is 5.91 Å². The molecule has 1 aliphatic rings. The van der Waals surface area contributed by atoms with Crippen LogP contribution in [0.1, 0.15) is 44.0 Å². The number of hydrogen-bond donors (Lipinski definition) is 1. The minimum atomic E-state index is -0.560. The van der Waals surface area contributed by atoms with E-state index in [9.17, 15) is 4.79 Å². The molecule has 0 saturated carbocycles. The van der Waals surface area contributed by atoms with E-state index in [4.69, 9.17) is 4.74 Å². The van der Waals surface area contributed by atoms with Gasteiger partial charge in [0.1, 0.15) is 5.54 Å². The number of aryl methyl sites for hydroxylation is 1. The van der Waals surface area contributed by atoms with Crippen molar-refractivity contribution in [2.24, 2.45) is 0 Å². The summed E-state index contributed by atoms with van der Waals surface area (Å²) in [5.74, 6) is 0.0424. The van der Waals surface area contributed by atoms with Crippen molar-refractivity contribution in [1.29, 1.82) is 0 Å². The van der Waals surface area contributed by atoms with Crippen molar-refractivity contribution in [2.75, 3.05) is 27.3 Å². The first-order valence-electron chi connectivity index (χ1n) is 7.95. The topological polar surface area (TPSA) is 59.4 Å². The van der Waals surface area contributed by atoms with Gasteiger partial charge in [-0.3, -0.25) is 14.4 Å². The summed E-state index contributed by atoms with van der Waals surface area (Å²) in [5, 5.41) is 7.37. The predicted molar refractivity (Wildman–Crippen MR) is 85.7 cm³/mol. The van der Waals surface area contributed by atoms with Gasteiger partial charge in [-0.1, -0.05) is 0 Å². The second-order valence-corrected chi connectivity index (χ2v) is 6.38. The molecule has 2 rings (SSSR count). The van der Waals surface area contributed by atoms with Crippen LogP contribution in [-0.2, 0) is 16.1 Å². The molecule has 0 aromatic carbocycles. The Balaban J connectivity index is 2.25. The second-order valence-electron chi connectivity index (χ2n) is 6.38. The van der Waals surface area contributed by atoms with Gasteiger partial charge in [0, 0.05) is 38.5 Å². The molecule has 1 aliphatic heterocycles. The number of likely N-dealkylation sites (tertiary alicyclic amines) is 1. The van der Waals surface area contributed by atoms with E-state index in [0.29, 0.717) is 12.6 Å². The highest BCUT2D eigenvalue weighted by Gasteiger charge is 2.47. The van der Waals surface area contributed by atoms with Gasteiger partial charge in [0.05, 0.1) is 12.3 Å². The molecule has 0 spiro atoms. The molecule has 22 heavy (non-hydrogen) atoms. The van der Waals surface area contributed by atoms with Crippen LogP contribution in [0, 0.1) is 6.92 Å². The summed E-state index contributed by atoms with van der Waals surface area (Å²) in [6.07, 6.45) is 3.94. The van der Waals surface area contributed by atoms with Gasteiger partial charge >= 0.3 is 0 Å². The lowest BCUT2D eigenvalue weighted by Gasteiger charge is -2.36. The smallest absolute Gasteiger partial charge is 0.242 e. The van der Waals surface area contributed by atoms with E-state index >= 15 is 0 Å². The van der Waals surface area contributed by atoms with Crippen molar-refractivity contribution in [3.8, 4) is 0 Å². The van der Waals surface area contributed by atoms with Crippen LogP contribution in [0.15, 0.2) is 6.20 Å². The Morgan fingerprint density at radius 1 is 1.55 bits per heavy atom. The number of amides is 1. The molecule has 6 heteroatoms. The van der Waals surface area contributed by atoms with Gasteiger partial charge in [-0.05, 0) is 40.2 Å². The lowest BCUT2D eigenvalue weighted by atomic mass is 9.95. The molecule has 1 amide bonds. The lowest BCUT2D eigenvalue weighted by Crippen LogP contribution is -2.57. The van der Waals surface area contributed by atoms with E-state index in [0.717, 1.165) is 31.6 Å². The average Bonchev–Trinajstić information content (AvgIpc) is 3.05. The van der Waals surface area contributed by atoms with Crippen molar-refractivity contribution < 1.29 is 9.53 Å². The molecule has 6 nitrogen and oxygen atoms in total. The summed E-state index contributed by atoms with van der Waals surface area (Å²) in [6, 6.07) is 0.341. The molecule has 1 atom stereocenters. The summed E-state index contributed by atoms with van der Waals surface area (Å²) >= 11 is 0. The minimum absolute atomic E-state index is 0.0424. The molecular formula is C16H28N4O2. The number of carbonyl (C=O) groups is 1. The Kier molecular flexibility index (Phi) is 5.24. The molecule has 1 unspecified atom stereocenters. The molecule has 1 aromatic rings. The van der Waals surface area contributed by atoms with Gasteiger partial charge in [-0.15, -0.1) is 0 Å². The number of aromatic nitrogens is 2. The lowest BCUT2D eigenvalue weighted by molar-refractivity contribution is -0.135. The molecule has 1 saturated heterocycles. The van der Waals surface area contributed by atoms with Crippen molar-refractivity contribution in [2.45, 2.75) is 51.7 Å². The van der Waals surface area contributed by atoms with Crippen molar-refractivity contribution in [1.82, 2.24) is 20.0 Å². The van der Waals surface area contributed by atoms with Gasteiger partial charge in [0.25, 0.3) is 0 Å². The first kappa shape index (κ1) is 17.0. The Morgan fingerprint density at radius 3 is 2.82 bits per heavy atom. The molecule has 0 radical (unpaired) electrons. The number of nitrogens with one attached hydrogen (secondary N) is 1. The third-order valence-corrected chi connectivity index (χ3v) is 4.57. The Morgan fingerprint density at radius 2 is 2.27 bits per heavy atom. The summed E-state index contributed by atoms with van der Waals surface area (Å²) in [4.78, 5) is 14.7. The van der Waals surface area contributed by atoms with Crippen LogP contribution in [0.2, 0.25) is 0 Å². The first-order valence-corrected chi connectivity index (χ1v) is 7.95. The maximum atomic E-state index is 12.5. The number of nitrogens with zero attached hydrogens (tertiary/aromatic N) is 3. The maximum Gasteiger partial charge on any atom is 0.242 e. The SMILES string of the molecule is CNC(=O)C1(COC)CCCN1Cc1cn(C(C)C)nc1C. The maximum absolute atomic E-state index is 12.5. The second kappa shape index (κ2) is 6.79. The standard InChI is InChI=1S/C16H28N4O2/c1-12(2)20-10-14(13(3)18-20)9-19-8-6-7-16(19,11-22-5)15(21)17-4/h10,12H,6-9,11H2,1-5H3,(H,17,21). The first-order chi connectivity index (χ1) is 10.4. The molecule has 1 aromatic heterocycles. The van der Waals surface area contributed by atoms with E-state index in [2.05, 4.69) is 35.4 Å². The van der Waals surface area contributed by atoms with Crippen LogP contribution in [0.5, 0.6) is 0 Å². The number of likely N-dealkylation sites (N-methyl/N-ethyl adjacent to an activating group) is 1. The average molecular weight is 308 g/mol. The summed E-state index contributed by atoms with van der Waals surface area (Å²) in [5.41, 5.74) is 1.65. The van der Waals surface area contributed by atoms with E-state index in [1.54, 1.807) is 14.2 Å². The van der Waals surface area contributed by atoms with Crippen molar-refractivity contribution in [3.05, 3.63) is 17.5 Å². The number of ether oxygens (including phenoxy) is 1. The number of hydrogen-bond acceptors (Lipinski definition) is 4. The zero-order valence-corrected chi connectivity index (χ0v) is 14.3. The Labute approximate surface area is 132 Å². The Hall–Kier alpha value is -1.40. The van der Waals surface area contributed by atoms with Gasteiger partial charge in [0.2, 0.25) is 5.91 Å². The fraction of sp³-hybridized carbons (Fsp3) is 0.750. The Bertz CT molecular complexity index is 526. The number of carbonyl (C=O) groups excluding carboxylic acids is 1. The summed E-state index contributed by atoms with van der Waals surface area (Å²) in [6.45, 7) is 8.32. The zero-order valence-electron chi connectivity index (χ0n) is 14.3. The third-order valence-electron chi connectivity index (χ3n) is 4.57. The van der Waals surface area contributed by atoms with Crippen LogP contribution in [-0.4, -0.2) is 53.4 Å². The summed E-state index contributed by atoms with van der Waals surface area (Å²) in [7, 11) is 3.35. The van der Waals surface area contributed by atoms with Crippen LogP contribution in [0.3, 0.4) is 0 Å². The van der Waals surface area contributed by atoms with E-state index in [1.165, 1.54) is 5.56 Å². The van der Waals surface area contributed by atoms with Gasteiger partial charge in [-0.25, -0.2) is 0 Å². The number of rotatable bonds is 6. The van der Waals surface area contributed by atoms with Gasteiger partial charge in [-0.2, -0.15) is 5.10 Å². The molecule has 0 aliphatic carbocycles. The summed E-state index contributed by atoms with van der Waals surface area (Å²) < 4.78 is 7.36. The molecule has 2 heterocycles. The minimum Gasteiger partial charge on any atom is -0.382 e. The molecule has 1 fully saturated rings. The number of methoxy groups -OCH3 is 1.